The highest BCUT2D eigenvalue weighted by atomic mass is 79.9. The van der Waals surface area contributed by atoms with Crippen molar-refractivity contribution in [3.8, 4) is 5.75 Å². The summed E-state index contributed by atoms with van der Waals surface area (Å²) in [6.07, 6.45) is 1.07. The summed E-state index contributed by atoms with van der Waals surface area (Å²) in [6.45, 7) is 0.708. The molecule has 1 atom stereocenters. The number of benzene rings is 2. The smallest absolute Gasteiger partial charge is 0.124 e. The SMILES string of the molecule is Clc1cccc(OCC2Cc3ccccc3S2)c1CBr. The molecule has 0 aromatic heterocycles. The van der Waals surface area contributed by atoms with Gasteiger partial charge < -0.3 is 4.74 Å². The van der Waals surface area contributed by atoms with Crippen molar-refractivity contribution in [2.24, 2.45) is 0 Å². The van der Waals surface area contributed by atoms with E-state index in [1.807, 2.05) is 30.0 Å². The van der Waals surface area contributed by atoms with Gasteiger partial charge in [0.05, 0.1) is 0 Å². The zero-order valence-corrected chi connectivity index (χ0v) is 14.0. The summed E-state index contributed by atoms with van der Waals surface area (Å²) in [5.74, 6) is 0.880. The van der Waals surface area contributed by atoms with Crippen molar-refractivity contribution in [3.05, 3.63) is 58.6 Å². The van der Waals surface area contributed by atoms with Crippen molar-refractivity contribution >= 4 is 39.3 Å². The molecule has 0 saturated heterocycles. The van der Waals surface area contributed by atoms with Crippen LogP contribution >= 0.6 is 39.3 Å². The highest BCUT2D eigenvalue weighted by Gasteiger charge is 2.22. The van der Waals surface area contributed by atoms with E-state index in [2.05, 4.69) is 40.2 Å². The fraction of sp³-hybridized carbons (Fsp3) is 0.250. The largest absolute Gasteiger partial charge is 0.492 e. The van der Waals surface area contributed by atoms with Crippen molar-refractivity contribution in [1.29, 1.82) is 0 Å². The van der Waals surface area contributed by atoms with Crippen LogP contribution in [0.4, 0.5) is 0 Å². The van der Waals surface area contributed by atoms with Gasteiger partial charge in [0, 0.05) is 26.1 Å². The minimum Gasteiger partial charge on any atom is -0.492 e. The van der Waals surface area contributed by atoms with E-state index in [0.717, 1.165) is 22.8 Å². The van der Waals surface area contributed by atoms with Crippen LogP contribution in [0.2, 0.25) is 5.02 Å². The Morgan fingerprint density at radius 2 is 2.05 bits per heavy atom. The highest BCUT2D eigenvalue weighted by Crippen LogP contribution is 2.37. The van der Waals surface area contributed by atoms with Gasteiger partial charge in [-0.15, -0.1) is 11.8 Å². The maximum Gasteiger partial charge on any atom is 0.124 e. The summed E-state index contributed by atoms with van der Waals surface area (Å²) in [5, 5.41) is 1.94. The highest BCUT2D eigenvalue weighted by molar-refractivity contribution is 9.08. The van der Waals surface area contributed by atoms with E-state index >= 15 is 0 Å². The van der Waals surface area contributed by atoms with E-state index in [0.29, 0.717) is 17.2 Å². The topological polar surface area (TPSA) is 9.23 Å². The van der Waals surface area contributed by atoms with Crippen LogP contribution in [0.15, 0.2) is 47.4 Å². The van der Waals surface area contributed by atoms with Gasteiger partial charge in [-0.1, -0.05) is 51.8 Å². The first kappa shape index (κ1) is 14.3. The predicted octanol–water partition coefficient (Wildman–Crippen LogP) is 5.33. The Bertz CT molecular complexity index is 592. The van der Waals surface area contributed by atoms with E-state index in [1.54, 1.807) is 0 Å². The summed E-state index contributed by atoms with van der Waals surface area (Å²) >= 11 is 11.6. The van der Waals surface area contributed by atoms with Crippen LogP contribution in [-0.2, 0) is 11.8 Å². The molecule has 0 N–H and O–H groups in total. The first-order valence-corrected chi connectivity index (χ1v) is 8.86. The molecule has 0 aliphatic carbocycles. The standard InChI is InChI=1S/C16H14BrClOS/c17-9-13-14(18)5-3-6-15(13)19-10-12-8-11-4-1-2-7-16(11)20-12/h1-7,12H,8-10H2. The fourth-order valence-corrected chi connectivity index (χ4v) is 4.52. The van der Waals surface area contributed by atoms with E-state index in [4.69, 9.17) is 16.3 Å². The minimum atomic E-state index is 0.481. The second-order valence-electron chi connectivity index (χ2n) is 4.71. The summed E-state index contributed by atoms with van der Waals surface area (Å²) in [6, 6.07) is 14.4. The van der Waals surface area contributed by atoms with Crippen molar-refractivity contribution in [2.45, 2.75) is 21.9 Å². The van der Waals surface area contributed by atoms with Gasteiger partial charge in [0.2, 0.25) is 0 Å². The number of alkyl halides is 1. The zero-order chi connectivity index (χ0) is 13.9. The third-order valence-electron chi connectivity index (χ3n) is 3.35. The van der Waals surface area contributed by atoms with Gasteiger partial charge in [-0.05, 0) is 30.2 Å². The molecule has 104 valence electrons. The Hall–Kier alpha value is -0.640. The second-order valence-corrected chi connectivity index (χ2v) is 7.02. The van der Waals surface area contributed by atoms with Gasteiger partial charge in [-0.2, -0.15) is 0 Å². The molecule has 4 heteroatoms. The number of hydrogen-bond donors (Lipinski definition) is 0. The quantitative estimate of drug-likeness (QED) is 0.674. The van der Waals surface area contributed by atoms with Crippen molar-refractivity contribution < 1.29 is 4.74 Å². The minimum absolute atomic E-state index is 0.481. The van der Waals surface area contributed by atoms with Gasteiger partial charge >= 0.3 is 0 Å². The lowest BCUT2D eigenvalue weighted by molar-refractivity contribution is 0.315. The van der Waals surface area contributed by atoms with Gasteiger partial charge in [0.1, 0.15) is 12.4 Å². The Labute approximate surface area is 136 Å². The molecule has 2 aromatic carbocycles. The van der Waals surface area contributed by atoms with Crippen LogP contribution in [0.25, 0.3) is 0 Å². The van der Waals surface area contributed by atoms with Crippen LogP contribution in [-0.4, -0.2) is 11.9 Å². The van der Waals surface area contributed by atoms with Crippen LogP contribution in [0.3, 0.4) is 0 Å². The molecule has 1 nitrogen and oxygen atoms in total. The molecule has 1 heterocycles. The molecule has 1 aliphatic heterocycles. The third kappa shape index (κ3) is 3.00. The molecular formula is C16H14BrClOS. The maximum absolute atomic E-state index is 6.18. The number of rotatable bonds is 4. The monoisotopic (exact) mass is 368 g/mol. The molecular weight excluding hydrogens is 356 g/mol. The molecule has 0 radical (unpaired) electrons. The molecule has 0 spiro atoms. The Kier molecular flexibility index (Phi) is 4.59. The fourth-order valence-electron chi connectivity index (χ4n) is 2.33. The predicted molar refractivity (Wildman–Crippen MR) is 89.4 cm³/mol. The van der Waals surface area contributed by atoms with E-state index in [-0.39, 0.29) is 0 Å². The van der Waals surface area contributed by atoms with Crippen LogP contribution < -0.4 is 4.74 Å². The molecule has 0 bridgehead atoms. The Morgan fingerprint density at radius 3 is 2.85 bits per heavy atom. The molecule has 0 saturated carbocycles. The molecule has 1 unspecified atom stereocenters. The molecule has 20 heavy (non-hydrogen) atoms. The molecule has 1 aliphatic rings. The van der Waals surface area contributed by atoms with Crippen LogP contribution in [0, 0.1) is 0 Å². The van der Waals surface area contributed by atoms with E-state index in [1.165, 1.54) is 10.5 Å². The van der Waals surface area contributed by atoms with E-state index < -0.39 is 0 Å². The van der Waals surface area contributed by atoms with Crippen LogP contribution in [0.1, 0.15) is 11.1 Å². The second kappa shape index (κ2) is 6.42. The molecule has 0 fully saturated rings. The molecule has 2 aromatic rings. The Balaban J connectivity index is 1.66. The summed E-state index contributed by atoms with van der Waals surface area (Å²) in [5.41, 5.74) is 2.45. The average molecular weight is 370 g/mol. The lowest BCUT2D eigenvalue weighted by Gasteiger charge is -2.14. The Morgan fingerprint density at radius 1 is 1.20 bits per heavy atom. The van der Waals surface area contributed by atoms with Gasteiger partial charge in [-0.3, -0.25) is 0 Å². The first-order chi connectivity index (χ1) is 9.78. The summed E-state index contributed by atoms with van der Waals surface area (Å²) in [7, 11) is 0. The number of hydrogen-bond acceptors (Lipinski definition) is 2. The van der Waals surface area contributed by atoms with Crippen molar-refractivity contribution in [3.63, 3.8) is 0 Å². The number of thioether (sulfide) groups is 1. The maximum atomic E-state index is 6.18. The normalized spacial score (nSPS) is 17.0. The number of fused-ring (bicyclic) bond motifs is 1. The van der Waals surface area contributed by atoms with E-state index in [9.17, 15) is 0 Å². The van der Waals surface area contributed by atoms with Crippen molar-refractivity contribution in [2.75, 3.05) is 6.61 Å². The molecule has 0 amide bonds. The number of ether oxygens (including phenoxy) is 1. The molecule has 3 rings (SSSR count). The number of halogens is 2. The zero-order valence-electron chi connectivity index (χ0n) is 10.8. The first-order valence-electron chi connectivity index (χ1n) is 6.48. The van der Waals surface area contributed by atoms with Crippen LogP contribution in [0.5, 0.6) is 5.75 Å². The summed E-state index contributed by atoms with van der Waals surface area (Å²) < 4.78 is 5.99. The summed E-state index contributed by atoms with van der Waals surface area (Å²) in [4.78, 5) is 1.38. The van der Waals surface area contributed by atoms with Gasteiger partial charge in [-0.25, -0.2) is 0 Å². The lowest BCUT2D eigenvalue weighted by Crippen LogP contribution is -2.14. The van der Waals surface area contributed by atoms with Gasteiger partial charge in [0.25, 0.3) is 0 Å². The van der Waals surface area contributed by atoms with Gasteiger partial charge in [0.15, 0.2) is 0 Å². The lowest BCUT2D eigenvalue weighted by atomic mass is 10.1. The van der Waals surface area contributed by atoms with Crippen molar-refractivity contribution in [1.82, 2.24) is 0 Å². The third-order valence-corrected chi connectivity index (χ3v) is 5.55. The average Bonchev–Trinajstić information content (AvgIpc) is 2.88.